The van der Waals surface area contributed by atoms with Gasteiger partial charge in [0.2, 0.25) is 5.91 Å². The molecule has 0 radical (unpaired) electrons. The number of rotatable bonds is 6. The summed E-state index contributed by atoms with van der Waals surface area (Å²) in [7, 11) is 0. The lowest BCUT2D eigenvalue weighted by molar-refractivity contribution is -0.123. The van der Waals surface area contributed by atoms with E-state index in [1.54, 1.807) is 5.57 Å². The largest absolute Gasteiger partial charge is 0.342 e. The van der Waals surface area contributed by atoms with E-state index in [9.17, 15) is 14.4 Å². The van der Waals surface area contributed by atoms with E-state index in [1.165, 1.54) is 39.6 Å². The number of nitrogens with zero attached hydrogens (tertiary/aromatic N) is 4. The average Bonchev–Trinajstić information content (AvgIpc) is 3.27. The molecule has 0 saturated carbocycles. The highest BCUT2D eigenvalue weighted by Gasteiger charge is 2.45. The minimum atomic E-state index is -0.530. The second-order valence-corrected chi connectivity index (χ2v) is 13.9. The van der Waals surface area contributed by atoms with E-state index in [-0.39, 0.29) is 24.8 Å². The van der Waals surface area contributed by atoms with E-state index in [0.29, 0.717) is 29.6 Å². The van der Waals surface area contributed by atoms with Crippen LogP contribution in [0.15, 0.2) is 48.0 Å². The van der Waals surface area contributed by atoms with Gasteiger partial charge >= 0.3 is 6.03 Å². The molecule has 4 amide bonds. The predicted octanol–water partition coefficient (Wildman–Crippen LogP) is 5.08. The van der Waals surface area contributed by atoms with Crippen molar-refractivity contribution in [3.05, 3.63) is 75.3 Å². The quantitative estimate of drug-likeness (QED) is 0.510. The number of nitrogens with one attached hydrogen (secondary N) is 1. The van der Waals surface area contributed by atoms with E-state index in [1.807, 2.05) is 24.3 Å². The molecular formula is C33H38ClN5O3. The summed E-state index contributed by atoms with van der Waals surface area (Å²) < 4.78 is 0. The van der Waals surface area contributed by atoms with Crippen LogP contribution in [-0.4, -0.2) is 75.9 Å². The smallest absolute Gasteiger partial charge is 0.296 e. The van der Waals surface area contributed by atoms with Gasteiger partial charge in [0.25, 0.3) is 5.91 Å². The number of piperazine rings is 1. The molecule has 2 aromatic carbocycles. The zero-order chi connectivity index (χ0) is 29.2. The van der Waals surface area contributed by atoms with Gasteiger partial charge in [0, 0.05) is 55.3 Å². The molecule has 2 unspecified atom stereocenters. The molecule has 5 aliphatic heterocycles. The van der Waals surface area contributed by atoms with Gasteiger partial charge in [-0.3, -0.25) is 24.7 Å². The lowest BCUT2D eigenvalue weighted by atomic mass is 9.72. The fourth-order valence-corrected chi connectivity index (χ4v) is 7.67. The van der Waals surface area contributed by atoms with Crippen LogP contribution < -0.4 is 5.32 Å². The molecule has 4 fully saturated rings. The van der Waals surface area contributed by atoms with Gasteiger partial charge in [-0.15, -0.1) is 0 Å². The van der Waals surface area contributed by atoms with Crippen LogP contribution in [0.25, 0.3) is 5.57 Å². The van der Waals surface area contributed by atoms with Crippen molar-refractivity contribution in [3.63, 3.8) is 0 Å². The average molecular weight is 588 g/mol. The van der Waals surface area contributed by atoms with Crippen molar-refractivity contribution < 1.29 is 14.4 Å². The van der Waals surface area contributed by atoms with Gasteiger partial charge in [0.15, 0.2) is 0 Å². The number of halogens is 1. The molecule has 2 bridgehead atoms. The molecule has 6 aliphatic rings. The van der Waals surface area contributed by atoms with Crippen LogP contribution in [0.3, 0.4) is 0 Å². The van der Waals surface area contributed by atoms with Crippen LogP contribution >= 0.6 is 11.6 Å². The van der Waals surface area contributed by atoms with Crippen LogP contribution in [0, 0.1) is 5.41 Å². The van der Waals surface area contributed by atoms with E-state index < -0.39 is 6.03 Å². The Bertz CT molecular complexity index is 1470. The molecule has 220 valence electrons. The molecule has 4 saturated heterocycles. The fraction of sp³-hybridized carbons (Fsp3) is 0.485. The first-order valence-electron chi connectivity index (χ1n) is 15.1. The molecule has 0 spiro atoms. The normalized spacial score (nSPS) is 25.9. The monoisotopic (exact) mass is 587 g/mol. The van der Waals surface area contributed by atoms with Crippen LogP contribution in [0.5, 0.6) is 0 Å². The van der Waals surface area contributed by atoms with Crippen molar-refractivity contribution in [1.29, 1.82) is 0 Å². The number of fused-ring (bicyclic) bond motifs is 3. The number of hydrogen-bond acceptors (Lipinski definition) is 5. The number of piperidine rings is 1. The standard InChI is InChI=1S/C33H38ClN5O3/c1-33(2)11-9-23(29(15-33)22-4-6-25(34)7-5-22)17-37-26-14-27(37)20-36(19-26)16-21-3-8-28-24(13-21)18-39(31(28)41)38-12-10-30(40)35-32(38)42/h3-8,13,26-27H,9-12,14-20H2,1-2H3,(H,35,40,42). The Morgan fingerprint density at radius 1 is 0.952 bits per heavy atom. The summed E-state index contributed by atoms with van der Waals surface area (Å²) >= 11 is 6.20. The van der Waals surface area contributed by atoms with Crippen molar-refractivity contribution in [1.82, 2.24) is 25.1 Å². The first-order valence-corrected chi connectivity index (χ1v) is 15.5. The maximum absolute atomic E-state index is 13.0. The molecular weight excluding hydrogens is 550 g/mol. The predicted molar refractivity (Wildman–Crippen MR) is 161 cm³/mol. The van der Waals surface area contributed by atoms with Gasteiger partial charge in [-0.25, -0.2) is 14.8 Å². The highest BCUT2D eigenvalue weighted by molar-refractivity contribution is 6.30. The van der Waals surface area contributed by atoms with E-state index >= 15 is 0 Å². The fourth-order valence-electron chi connectivity index (χ4n) is 7.54. The Morgan fingerprint density at radius 2 is 1.71 bits per heavy atom. The van der Waals surface area contributed by atoms with E-state index in [4.69, 9.17) is 11.6 Å². The van der Waals surface area contributed by atoms with Crippen molar-refractivity contribution in [2.45, 2.75) is 71.1 Å². The Balaban J connectivity index is 1.00. The Kier molecular flexibility index (Phi) is 6.91. The summed E-state index contributed by atoms with van der Waals surface area (Å²) in [6, 6.07) is 15.1. The minimum Gasteiger partial charge on any atom is -0.296 e. The lowest BCUT2D eigenvalue weighted by Gasteiger charge is -2.57. The number of urea groups is 1. The number of imide groups is 1. The lowest BCUT2D eigenvalue weighted by Crippen LogP contribution is -2.68. The van der Waals surface area contributed by atoms with Gasteiger partial charge in [0.05, 0.1) is 13.1 Å². The molecule has 1 aliphatic carbocycles. The molecule has 5 heterocycles. The number of carbonyl (C=O) groups excluding carboxylic acids is 3. The van der Waals surface area contributed by atoms with Crippen molar-refractivity contribution >= 4 is 35.0 Å². The Morgan fingerprint density at radius 3 is 2.45 bits per heavy atom. The summed E-state index contributed by atoms with van der Waals surface area (Å²) in [5, 5.41) is 5.91. The minimum absolute atomic E-state index is 0.186. The maximum Gasteiger partial charge on any atom is 0.342 e. The van der Waals surface area contributed by atoms with Gasteiger partial charge in [-0.05, 0) is 71.6 Å². The van der Waals surface area contributed by atoms with Crippen molar-refractivity contribution in [2.75, 3.05) is 26.2 Å². The number of hydrazine groups is 1. The highest BCUT2D eigenvalue weighted by Crippen LogP contribution is 2.45. The molecule has 2 atom stereocenters. The number of carbonyl (C=O) groups is 3. The van der Waals surface area contributed by atoms with Crippen molar-refractivity contribution in [3.8, 4) is 0 Å². The SMILES string of the molecule is CC1(C)CCC(CN2C3CC2CN(Cc2ccc4c(c2)CN(N2CCC(=O)NC2=O)C4=O)C3)=C(c2ccc(Cl)cc2)C1. The molecule has 8 nitrogen and oxygen atoms in total. The summed E-state index contributed by atoms with van der Waals surface area (Å²) in [6.45, 7) is 9.36. The molecule has 2 aromatic rings. The van der Waals surface area contributed by atoms with E-state index in [2.05, 4.69) is 47.2 Å². The van der Waals surface area contributed by atoms with Gasteiger partial charge in [0.1, 0.15) is 0 Å². The summed E-state index contributed by atoms with van der Waals surface area (Å²) in [5.41, 5.74) is 7.51. The van der Waals surface area contributed by atoms with E-state index in [0.717, 1.165) is 49.6 Å². The van der Waals surface area contributed by atoms with Gasteiger partial charge in [-0.2, -0.15) is 0 Å². The van der Waals surface area contributed by atoms with Crippen LogP contribution in [-0.2, 0) is 17.9 Å². The second-order valence-electron chi connectivity index (χ2n) is 13.4. The van der Waals surface area contributed by atoms with Crippen molar-refractivity contribution in [2.24, 2.45) is 5.41 Å². The summed E-state index contributed by atoms with van der Waals surface area (Å²) in [5.74, 6) is -0.489. The number of allylic oxidation sites excluding steroid dienone is 1. The third kappa shape index (κ3) is 5.14. The highest BCUT2D eigenvalue weighted by atomic mass is 35.5. The Hall–Kier alpha value is -3.20. The maximum atomic E-state index is 13.0. The topological polar surface area (TPSA) is 76.2 Å². The third-order valence-corrected chi connectivity index (χ3v) is 10.1. The van der Waals surface area contributed by atoms with Crippen LogP contribution in [0.1, 0.15) is 73.0 Å². The molecule has 8 rings (SSSR count). The molecule has 1 N–H and O–H groups in total. The molecule has 42 heavy (non-hydrogen) atoms. The molecule has 0 aromatic heterocycles. The van der Waals surface area contributed by atoms with Gasteiger partial charge < -0.3 is 0 Å². The van der Waals surface area contributed by atoms with Gasteiger partial charge in [-0.1, -0.05) is 55.3 Å². The Labute approximate surface area is 252 Å². The zero-order valence-corrected chi connectivity index (χ0v) is 25.1. The second kappa shape index (κ2) is 10.5. The van der Waals surface area contributed by atoms with Crippen LogP contribution in [0.2, 0.25) is 5.02 Å². The third-order valence-electron chi connectivity index (χ3n) is 9.86. The van der Waals surface area contributed by atoms with Crippen LogP contribution in [0.4, 0.5) is 4.79 Å². The number of benzene rings is 2. The first kappa shape index (κ1) is 27.6. The summed E-state index contributed by atoms with van der Waals surface area (Å²) in [6.07, 6.45) is 4.96. The first-order chi connectivity index (χ1) is 20.1. The molecule has 9 heteroatoms. The zero-order valence-electron chi connectivity index (χ0n) is 24.4. The number of hydrogen-bond donors (Lipinski definition) is 1. The summed E-state index contributed by atoms with van der Waals surface area (Å²) in [4.78, 5) is 42.2. The number of amides is 4.